The van der Waals surface area contributed by atoms with Crippen molar-refractivity contribution in [3.63, 3.8) is 0 Å². The Morgan fingerprint density at radius 3 is 2.19 bits per heavy atom. The molecule has 0 saturated heterocycles. The number of nitrogens with one attached hydrogen (secondary N) is 3. The van der Waals surface area contributed by atoms with E-state index in [2.05, 4.69) is 16.0 Å². The van der Waals surface area contributed by atoms with Gasteiger partial charge in [0.2, 0.25) is 5.91 Å². The molecule has 0 bridgehead atoms. The molecule has 2 unspecified atom stereocenters. The van der Waals surface area contributed by atoms with Crippen LogP contribution in [0.4, 0.5) is 8.78 Å². The first-order valence-corrected chi connectivity index (χ1v) is 18.0. The SMILES string of the molecule is CCCC(CCC)S(=O)(=O)CC(NC(O)c1cccc(Cl)c1)C(=O)N[C@@H](Cc1cc(F)cc(F)c1)[C@H](O)CNCc1cccc(C)c1. The van der Waals surface area contributed by atoms with Gasteiger partial charge in [-0.05, 0) is 67.1 Å². The lowest BCUT2D eigenvalue weighted by atomic mass is 10.00. The summed E-state index contributed by atoms with van der Waals surface area (Å²) < 4.78 is 55.4. The highest BCUT2D eigenvalue weighted by Crippen LogP contribution is 2.20. The molecule has 0 fully saturated rings. The Kier molecular flexibility index (Phi) is 15.2. The van der Waals surface area contributed by atoms with Crippen LogP contribution in [0.3, 0.4) is 0 Å². The minimum absolute atomic E-state index is 0.00724. The average molecular weight is 694 g/mol. The van der Waals surface area contributed by atoms with Crippen molar-refractivity contribution in [2.45, 2.75) is 89.1 Å². The van der Waals surface area contributed by atoms with Gasteiger partial charge in [-0.2, -0.15) is 0 Å². The normalized spacial score (nSPS) is 14.5. The average Bonchev–Trinajstić information content (AvgIpc) is 2.99. The number of hydrogen-bond donors (Lipinski definition) is 5. The molecule has 47 heavy (non-hydrogen) atoms. The lowest BCUT2D eigenvalue weighted by Crippen LogP contribution is -2.56. The molecule has 0 radical (unpaired) electrons. The molecule has 3 aromatic rings. The number of amides is 1. The van der Waals surface area contributed by atoms with Crippen LogP contribution in [0.2, 0.25) is 5.02 Å². The zero-order valence-corrected chi connectivity index (χ0v) is 28.6. The second-order valence-corrected chi connectivity index (χ2v) is 14.8. The Bertz CT molecular complexity index is 1540. The van der Waals surface area contributed by atoms with E-state index in [0.717, 1.165) is 29.3 Å². The van der Waals surface area contributed by atoms with Gasteiger partial charge in [0.1, 0.15) is 23.9 Å². The van der Waals surface area contributed by atoms with Crippen LogP contribution in [0, 0.1) is 18.6 Å². The molecule has 8 nitrogen and oxygen atoms in total. The highest BCUT2D eigenvalue weighted by Gasteiger charge is 2.34. The Morgan fingerprint density at radius 1 is 0.915 bits per heavy atom. The van der Waals surface area contributed by atoms with E-state index in [1.807, 2.05) is 45.0 Å². The Balaban J connectivity index is 1.89. The number of sulfone groups is 1. The molecule has 4 atom stereocenters. The van der Waals surface area contributed by atoms with Crippen LogP contribution in [0.15, 0.2) is 66.7 Å². The summed E-state index contributed by atoms with van der Waals surface area (Å²) in [6.07, 6.45) is -0.745. The molecule has 0 aliphatic heterocycles. The minimum atomic E-state index is -3.84. The summed E-state index contributed by atoms with van der Waals surface area (Å²) in [6, 6.07) is 14.5. The van der Waals surface area contributed by atoms with E-state index in [9.17, 15) is 32.2 Å². The Morgan fingerprint density at radius 2 is 1.57 bits per heavy atom. The monoisotopic (exact) mass is 693 g/mol. The number of carbonyl (C=O) groups excluding carboxylic acids is 1. The summed E-state index contributed by atoms with van der Waals surface area (Å²) in [5.41, 5.74) is 2.55. The van der Waals surface area contributed by atoms with Crippen LogP contribution in [0.1, 0.15) is 68.0 Å². The topological polar surface area (TPSA) is 128 Å². The number of aliphatic hydroxyl groups excluding tert-OH is 2. The van der Waals surface area contributed by atoms with E-state index >= 15 is 0 Å². The molecule has 12 heteroatoms. The number of carbonyl (C=O) groups is 1. The number of hydrogen-bond acceptors (Lipinski definition) is 7. The van der Waals surface area contributed by atoms with Crippen molar-refractivity contribution in [2.24, 2.45) is 0 Å². The first-order chi connectivity index (χ1) is 22.3. The van der Waals surface area contributed by atoms with Gasteiger partial charge in [0.05, 0.1) is 23.1 Å². The first kappa shape index (κ1) is 38.5. The fourth-order valence-corrected chi connectivity index (χ4v) is 7.93. The van der Waals surface area contributed by atoms with Gasteiger partial charge in [-0.1, -0.05) is 80.3 Å². The molecule has 0 aliphatic carbocycles. The molecule has 0 aromatic heterocycles. The Hall–Kier alpha value is -2.93. The summed E-state index contributed by atoms with van der Waals surface area (Å²) in [7, 11) is -3.84. The molecule has 0 spiro atoms. The van der Waals surface area contributed by atoms with Crippen molar-refractivity contribution in [1.82, 2.24) is 16.0 Å². The van der Waals surface area contributed by atoms with E-state index in [1.165, 1.54) is 6.07 Å². The van der Waals surface area contributed by atoms with E-state index in [4.69, 9.17) is 11.6 Å². The van der Waals surface area contributed by atoms with Gasteiger partial charge in [0, 0.05) is 24.2 Å². The molecule has 1 amide bonds. The highest BCUT2D eigenvalue weighted by molar-refractivity contribution is 7.92. The summed E-state index contributed by atoms with van der Waals surface area (Å²) in [5.74, 6) is -3.05. The number of rotatable bonds is 19. The third kappa shape index (κ3) is 12.6. The first-order valence-electron chi connectivity index (χ1n) is 15.9. The number of aliphatic hydroxyl groups is 2. The smallest absolute Gasteiger partial charge is 0.238 e. The van der Waals surface area contributed by atoms with Crippen molar-refractivity contribution < 1.29 is 32.2 Å². The minimum Gasteiger partial charge on any atom is -0.390 e. The van der Waals surface area contributed by atoms with Gasteiger partial charge < -0.3 is 20.8 Å². The second-order valence-electron chi connectivity index (χ2n) is 12.0. The summed E-state index contributed by atoms with van der Waals surface area (Å²) in [6.45, 7) is 6.16. The zero-order valence-electron chi connectivity index (χ0n) is 27.1. The van der Waals surface area contributed by atoms with Crippen molar-refractivity contribution >= 4 is 27.3 Å². The summed E-state index contributed by atoms with van der Waals surface area (Å²) >= 11 is 6.10. The molecular formula is C35H46ClF2N3O5S. The summed E-state index contributed by atoms with van der Waals surface area (Å²) in [5, 5.41) is 30.5. The molecule has 3 aromatic carbocycles. The number of aryl methyl sites for hydroxylation is 1. The lowest BCUT2D eigenvalue weighted by Gasteiger charge is -2.29. The lowest BCUT2D eigenvalue weighted by molar-refractivity contribution is -0.125. The standard InChI is InChI=1S/C35H46ClF2N3O5S/c1-4-8-30(9-5-2)47(45,46)22-32(41-34(43)26-12-7-13-27(36)18-26)35(44)40-31(17-25-15-28(37)19-29(38)16-25)33(42)21-39-20-24-11-6-10-23(3)14-24/h6-7,10-16,18-19,30-34,39,41-43H,4-5,8-9,17,20-22H2,1-3H3,(H,40,44)/t31-,32?,33+,34?/m0/s1. The molecule has 258 valence electrons. The van der Waals surface area contributed by atoms with Gasteiger partial charge in [-0.25, -0.2) is 17.2 Å². The van der Waals surface area contributed by atoms with Crippen LogP contribution in [0.25, 0.3) is 0 Å². The molecule has 0 aliphatic rings. The zero-order chi connectivity index (χ0) is 34.6. The van der Waals surface area contributed by atoms with Crippen LogP contribution >= 0.6 is 11.6 Å². The van der Waals surface area contributed by atoms with Crippen molar-refractivity contribution in [2.75, 3.05) is 12.3 Å². The van der Waals surface area contributed by atoms with E-state index < -0.39 is 62.8 Å². The van der Waals surface area contributed by atoms with Crippen LogP contribution in [-0.4, -0.2) is 60.3 Å². The quantitative estimate of drug-likeness (QED) is 0.110. The van der Waals surface area contributed by atoms with E-state index in [0.29, 0.717) is 42.8 Å². The van der Waals surface area contributed by atoms with Gasteiger partial charge in [0.25, 0.3) is 0 Å². The third-order valence-corrected chi connectivity index (χ3v) is 10.4. The predicted octanol–water partition coefficient (Wildman–Crippen LogP) is 5.14. The van der Waals surface area contributed by atoms with Gasteiger partial charge in [0.15, 0.2) is 9.84 Å². The van der Waals surface area contributed by atoms with Gasteiger partial charge in [-0.15, -0.1) is 0 Å². The molecular weight excluding hydrogens is 648 g/mol. The molecule has 0 saturated carbocycles. The molecule has 0 heterocycles. The van der Waals surface area contributed by atoms with Crippen LogP contribution in [-0.2, 0) is 27.6 Å². The maximum atomic E-state index is 14.1. The highest BCUT2D eigenvalue weighted by atomic mass is 35.5. The van der Waals surface area contributed by atoms with Crippen LogP contribution < -0.4 is 16.0 Å². The number of halogens is 3. The summed E-state index contributed by atoms with van der Waals surface area (Å²) in [4.78, 5) is 13.9. The van der Waals surface area contributed by atoms with E-state index in [1.54, 1.807) is 18.2 Å². The predicted molar refractivity (Wildman–Crippen MR) is 182 cm³/mol. The second kappa shape index (κ2) is 18.6. The van der Waals surface area contributed by atoms with Crippen molar-refractivity contribution in [1.29, 1.82) is 0 Å². The maximum Gasteiger partial charge on any atom is 0.238 e. The maximum absolute atomic E-state index is 14.1. The Labute approximate surface area is 281 Å². The molecule has 3 rings (SSSR count). The molecule has 5 N–H and O–H groups in total. The van der Waals surface area contributed by atoms with Gasteiger partial charge in [-0.3, -0.25) is 10.1 Å². The fourth-order valence-electron chi connectivity index (χ4n) is 5.56. The van der Waals surface area contributed by atoms with Crippen molar-refractivity contribution in [3.8, 4) is 0 Å². The van der Waals surface area contributed by atoms with Gasteiger partial charge >= 0.3 is 0 Å². The fraction of sp³-hybridized carbons (Fsp3) is 0.457. The largest absolute Gasteiger partial charge is 0.390 e. The van der Waals surface area contributed by atoms with Crippen molar-refractivity contribution in [3.05, 3.63) is 106 Å². The number of benzene rings is 3. The van der Waals surface area contributed by atoms with Crippen LogP contribution in [0.5, 0.6) is 0 Å². The third-order valence-electron chi connectivity index (χ3n) is 7.90. The van der Waals surface area contributed by atoms with E-state index in [-0.39, 0.29) is 18.5 Å².